The summed E-state index contributed by atoms with van der Waals surface area (Å²) in [4.78, 5) is 10.3. The van der Waals surface area contributed by atoms with Gasteiger partial charge in [-0.2, -0.15) is 0 Å². The van der Waals surface area contributed by atoms with Crippen molar-refractivity contribution >= 4 is 11.5 Å². The number of amidine groups is 1. The lowest BCUT2D eigenvalue weighted by Gasteiger charge is -2.37. The molecule has 0 aromatic heterocycles. The van der Waals surface area contributed by atoms with E-state index in [1.807, 2.05) is 54.6 Å². The van der Waals surface area contributed by atoms with E-state index in [4.69, 9.17) is 9.98 Å². The Bertz CT molecular complexity index is 1490. The van der Waals surface area contributed by atoms with Gasteiger partial charge in [0.25, 0.3) is 0 Å². The van der Waals surface area contributed by atoms with Gasteiger partial charge in [0.05, 0.1) is 0 Å². The average Bonchev–Trinajstić information content (AvgIpc) is 3.38. The summed E-state index contributed by atoms with van der Waals surface area (Å²) in [5, 5.41) is 0. The molecule has 0 spiro atoms. The summed E-state index contributed by atoms with van der Waals surface area (Å²) < 4.78 is 0. The van der Waals surface area contributed by atoms with Crippen molar-refractivity contribution in [3.05, 3.63) is 179 Å². The van der Waals surface area contributed by atoms with Crippen LogP contribution in [0.1, 0.15) is 34.7 Å². The summed E-state index contributed by atoms with van der Waals surface area (Å²) in [7, 11) is 0. The smallest absolute Gasteiger partial charge is 0.176 e. The van der Waals surface area contributed by atoms with Gasteiger partial charge in [0.1, 0.15) is 11.3 Å². The number of nitrogens with one attached hydrogen (secondary N) is 2. The van der Waals surface area contributed by atoms with Crippen LogP contribution < -0.4 is 10.9 Å². The topological polar surface area (TPSA) is 48.8 Å². The van der Waals surface area contributed by atoms with Crippen LogP contribution in [0, 0.1) is 0 Å². The van der Waals surface area contributed by atoms with Crippen LogP contribution >= 0.6 is 0 Å². The van der Waals surface area contributed by atoms with E-state index in [-0.39, 0.29) is 0 Å². The molecule has 1 aliphatic heterocycles. The first-order valence-corrected chi connectivity index (χ1v) is 13.2. The van der Waals surface area contributed by atoms with Crippen molar-refractivity contribution in [1.82, 2.24) is 10.9 Å². The van der Waals surface area contributed by atoms with Crippen LogP contribution in [0.15, 0.2) is 162 Å². The van der Waals surface area contributed by atoms with E-state index in [2.05, 4.69) is 115 Å². The molecule has 0 bridgehead atoms. The second-order valence-corrected chi connectivity index (χ2v) is 9.77. The molecule has 5 aromatic rings. The number of nitrogens with zero attached hydrogens (tertiary/aromatic N) is 2. The minimum atomic E-state index is -0.745. The summed E-state index contributed by atoms with van der Waals surface area (Å²) in [6, 6.07) is 52.0. The van der Waals surface area contributed by atoms with E-state index >= 15 is 0 Å². The Morgan fingerprint density at radius 3 is 1.38 bits per heavy atom. The maximum absolute atomic E-state index is 5.17. The van der Waals surface area contributed by atoms with Gasteiger partial charge in [-0.25, -0.2) is 15.4 Å². The molecule has 1 aliphatic rings. The van der Waals surface area contributed by atoms with Gasteiger partial charge in [0, 0.05) is 11.1 Å². The molecule has 0 amide bonds. The molecule has 0 saturated carbocycles. The maximum atomic E-state index is 5.17. The van der Waals surface area contributed by atoms with Crippen LogP contribution in [0.3, 0.4) is 0 Å². The van der Waals surface area contributed by atoms with Gasteiger partial charge in [-0.1, -0.05) is 152 Å². The first-order chi connectivity index (χ1) is 19.2. The molecule has 1 heterocycles. The van der Waals surface area contributed by atoms with Gasteiger partial charge in [-0.05, 0) is 23.6 Å². The van der Waals surface area contributed by atoms with E-state index < -0.39 is 11.2 Å². The molecule has 5 aromatic carbocycles. The van der Waals surface area contributed by atoms with Crippen molar-refractivity contribution in [3.63, 3.8) is 0 Å². The molecule has 0 saturated heterocycles. The highest BCUT2D eigenvalue weighted by Gasteiger charge is 2.39. The van der Waals surface area contributed by atoms with E-state index in [1.54, 1.807) is 0 Å². The molecular formula is C35H30N4. The van der Waals surface area contributed by atoms with Gasteiger partial charge in [-0.15, -0.1) is 0 Å². The highest BCUT2D eigenvalue weighted by Crippen LogP contribution is 2.37. The molecule has 4 heteroatoms. The second-order valence-electron chi connectivity index (χ2n) is 9.77. The molecule has 39 heavy (non-hydrogen) atoms. The fourth-order valence-corrected chi connectivity index (χ4v) is 5.27. The van der Waals surface area contributed by atoms with E-state index in [0.29, 0.717) is 5.84 Å². The average molecular weight is 507 g/mol. The molecule has 4 nitrogen and oxygen atoms in total. The molecule has 190 valence electrons. The number of hydrogen-bond donors (Lipinski definition) is 2. The van der Waals surface area contributed by atoms with E-state index in [1.165, 1.54) is 0 Å². The molecular weight excluding hydrogens is 476 g/mol. The Hall–Kier alpha value is -4.80. The normalized spacial score (nSPS) is 16.8. The van der Waals surface area contributed by atoms with Gasteiger partial charge in [0.2, 0.25) is 0 Å². The van der Waals surface area contributed by atoms with Crippen molar-refractivity contribution < 1.29 is 0 Å². The summed E-state index contributed by atoms with van der Waals surface area (Å²) in [6.45, 7) is 2.05. The standard InChI is InChI=1S/C35H30N4/c1-34(28-19-9-3-10-20-28)36-32(27-17-7-2-8-18-27)33(37-34)38-39-35(29-21-11-4-12-22-29,30-23-13-5-14-24-30)31-25-15-6-16-26-31/h2-26,39H,1H3,(H,37,38). The quantitative estimate of drug-likeness (QED) is 0.187. The van der Waals surface area contributed by atoms with Crippen LogP contribution in [0.25, 0.3) is 0 Å². The van der Waals surface area contributed by atoms with Crippen LogP contribution in [0.4, 0.5) is 0 Å². The lowest BCUT2D eigenvalue weighted by Crippen LogP contribution is -2.54. The minimum Gasteiger partial charge on any atom is -0.303 e. The highest BCUT2D eigenvalue weighted by atomic mass is 15.4. The number of aliphatic imine (C=N–C) groups is 2. The Morgan fingerprint density at radius 1 is 0.513 bits per heavy atom. The Morgan fingerprint density at radius 2 is 0.923 bits per heavy atom. The predicted molar refractivity (Wildman–Crippen MR) is 160 cm³/mol. The minimum absolute atomic E-state index is 0.694. The Labute approximate surface area is 229 Å². The fraction of sp³-hybridized carbons (Fsp3) is 0.0857. The molecule has 6 rings (SSSR count). The molecule has 0 aliphatic carbocycles. The maximum Gasteiger partial charge on any atom is 0.176 e. The number of rotatable bonds is 7. The zero-order valence-electron chi connectivity index (χ0n) is 21.8. The third kappa shape index (κ3) is 4.67. The van der Waals surface area contributed by atoms with Gasteiger partial charge >= 0.3 is 0 Å². The van der Waals surface area contributed by atoms with Gasteiger partial charge in [-0.3, -0.25) is 0 Å². The third-order valence-electron chi connectivity index (χ3n) is 7.24. The van der Waals surface area contributed by atoms with Crippen molar-refractivity contribution in [2.75, 3.05) is 0 Å². The molecule has 1 atom stereocenters. The first-order valence-electron chi connectivity index (χ1n) is 13.2. The number of hydrazine groups is 1. The molecule has 1 unspecified atom stereocenters. The largest absolute Gasteiger partial charge is 0.303 e. The monoisotopic (exact) mass is 506 g/mol. The summed E-state index contributed by atoms with van der Waals surface area (Å²) in [6.07, 6.45) is 0. The van der Waals surface area contributed by atoms with Crippen molar-refractivity contribution in [2.45, 2.75) is 18.1 Å². The second kappa shape index (κ2) is 10.5. The van der Waals surface area contributed by atoms with Crippen LogP contribution in [0.5, 0.6) is 0 Å². The van der Waals surface area contributed by atoms with Crippen LogP contribution in [-0.4, -0.2) is 11.5 Å². The molecule has 2 N–H and O–H groups in total. The molecule has 0 fully saturated rings. The molecule has 0 radical (unpaired) electrons. The van der Waals surface area contributed by atoms with E-state index in [9.17, 15) is 0 Å². The third-order valence-corrected chi connectivity index (χ3v) is 7.24. The van der Waals surface area contributed by atoms with Crippen molar-refractivity contribution in [2.24, 2.45) is 9.98 Å². The number of hydrogen-bond acceptors (Lipinski definition) is 4. The summed E-state index contributed by atoms with van der Waals surface area (Å²) in [5.74, 6) is 0.694. The first kappa shape index (κ1) is 24.5. The van der Waals surface area contributed by atoms with Crippen LogP contribution in [0.2, 0.25) is 0 Å². The van der Waals surface area contributed by atoms with Gasteiger partial charge < -0.3 is 5.43 Å². The van der Waals surface area contributed by atoms with Crippen molar-refractivity contribution in [1.29, 1.82) is 0 Å². The predicted octanol–water partition coefficient (Wildman–Crippen LogP) is 6.85. The summed E-state index contributed by atoms with van der Waals surface area (Å²) in [5.41, 5.74) is 12.1. The highest BCUT2D eigenvalue weighted by molar-refractivity contribution is 6.48. The Kier molecular flexibility index (Phi) is 6.62. The summed E-state index contributed by atoms with van der Waals surface area (Å²) >= 11 is 0. The number of benzene rings is 5. The van der Waals surface area contributed by atoms with E-state index in [0.717, 1.165) is 33.5 Å². The fourth-order valence-electron chi connectivity index (χ4n) is 5.27. The lowest BCUT2D eigenvalue weighted by molar-refractivity contribution is 0.446. The van der Waals surface area contributed by atoms with Gasteiger partial charge in [0.15, 0.2) is 11.5 Å². The van der Waals surface area contributed by atoms with Crippen LogP contribution in [-0.2, 0) is 11.2 Å². The zero-order chi connectivity index (χ0) is 26.5. The lowest BCUT2D eigenvalue weighted by atomic mass is 9.77. The van der Waals surface area contributed by atoms with Crippen molar-refractivity contribution in [3.8, 4) is 0 Å². The Balaban J connectivity index is 1.48. The zero-order valence-corrected chi connectivity index (χ0v) is 21.8. The SMILES string of the molecule is CC1(c2ccccc2)N=C(NNC(c2ccccc2)(c2ccccc2)c2ccccc2)C(c2ccccc2)=N1.